The molecule has 12 heavy (non-hydrogen) atoms. The summed E-state index contributed by atoms with van der Waals surface area (Å²) in [5.74, 6) is 1.39. The molecule has 0 spiro atoms. The van der Waals surface area contributed by atoms with Gasteiger partial charge in [-0.25, -0.2) is 4.39 Å². The van der Waals surface area contributed by atoms with Crippen LogP contribution in [0.15, 0.2) is 23.1 Å². The molecule has 0 aliphatic carbocycles. The first kappa shape index (κ1) is 9.39. The molecule has 0 heterocycles. The summed E-state index contributed by atoms with van der Waals surface area (Å²) in [5, 5.41) is 0. The number of benzene rings is 1. The van der Waals surface area contributed by atoms with Crippen LogP contribution in [0.5, 0.6) is 5.75 Å². The van der Waals surface area contributed by atoms with Crippen LogP contribution in [0.2, 0.25) is 0 Å². The van der Waals surface area contributed by atoms with Crippen LogP contribution in [0.3, 0.4) is 0 Å². The van der Waals surface area contributed by atoms with Crippen molar-refractivity contribution in [3.8, 4) is 5.75 Å². The van der Waals surface area contributed by atoms with E-state index in [0.717, 1.165) is 5.75 Å². The van der Waals surface area contributed by atoms with E-state index >= 15 is 0 Å². The average Bonchev–Trinajstić information content (AvgIpc) is 2.09. The highest BCUT2D eigenvalue weighted by molar-refractivity contribution is 7.99. The van der Waals surface area contributed by atoms with Crippen LogP contribution in [0.1, 0.15) is 6.92 Å². The van der Waals surface area contributed by atoms with Gasteiger partial charge in [0.25, 0.3) is 0 Å². The molecule has 0 aromatic heterocycles. The first-order valence-electron chi connectivity index (χ1n) is 3.74. The van der Waals surface area contributed by atoms with Gasteiger partial charge in [-0.2, -0.15) is 0 Å². The molecule has 0 N–H and O–H groups in total. The van der Waals surface area contributed by atoms with Crippen molar-refractivity contribution in [2.75, 3.05) is 12.9 Å². The van der Waals surface area contributed by atoms with Crippen molar-refractivity contribution in [3.63, 3.8) is 0 Å². The Morgan fingerprint density at radius 2 is 2.25 bits per heavy atom. The SMILES string of the molecule is CCSc1cc(OC)ccc1F. The first-order chi connectivity index (χ1) is 5.77. The van der Waals surface area contributed by atoms with Crippen LogP contribution in [0.4, 0.5) is 4.39 Å². The van der Waals surface area contributed by atoms with E-state index in [4.69, 9.17) is 4.74 Å². The van der Waals surface area contributed by atoms with Crippen LogP contribution in [-0.2, 0) is 0 Å². The van der Waals surface area contributed by atoms with Crippen molar-refractivity contribution < 1.29 is 9.13 Å². The van der Waals surface area contributed by atoms with Crippen LogP contribution in [-0.4, -0.2) is 12.9 Å². The zero-order valence-corrected chi connectivity index (χ0v) is 7.95. The van der Waals surface area contributed by atoms with E-state index in [-0.39, 0.29) is 5.82 Å². The second-order valence-corrected chi connectivity index (χ2v) is 3.54. The molecule has 0 aliphatic rings. The molecule has 1 aromatic rings. The Kier molecular flexibility index (Phi) is 3.41. The minimum absolute atomic E-state index is 0.178. The third kappa shape index (κ3) is 2.14. The Balaban J connectivity index is 2.91. The Morgan fingerprint density at radius 1 is 1.50 bits per heavy atom. The van der Waals surface area contributed by atoms with Gasteiger partial charge in [-0.05, 0) is 24.0 Å². The van der Waals surface area contributed by atoms with Gasteiger partial charge in [0, 0.05) is 4.90 Å². The number of ether oxygens (including phenoxy) is 1. The van der Waals surface area contributed by atoms with Gasteiger partial charge in [0.2, 0.25) is 0 Å². The molecule has 1 rings (SSSR count). The van der Waals surface area contributed by atoms with Gasteiger partial charge < -0.3 is 4.74 Å². The highest BCUT2D eigenvalue weighted by Gasteiger charge is 2.02. The van der Waals surface area contributed by atoms with Crippen LogP contribution in [0, 0.1) is 5.82 Å². The highest BCUT2D eigenvalue weighted by Crippen LogP contribution is 2.25. The Morgan fingerprint density at radius 3 is 2.83 bits per heavy atom. The maximum Gasteiger partial charge on any atom is 0.137 e. The summed E-state index contributed by atoms with van der Waals surface area (Å²) >= 11 is 1.48. The molecule has 0 bridgehead atoms. The van der Waals surface area contributed by atoms with Crippen molar-refractivity contribution in [3.05, 3.63) is 24.0 Å². The topological polar surface area (TPSA) is 9.23 Å². The normalized spacial score (nSPS) is 9.92. The van der Waals surface area contributed by atoms with Crippen molar-refractivity contribution in [2.45, 2.75) is 11.8 Å². The Labute approximate surface area is 75.9 Å². The van der Waals surface area contributed by atoms with Gasteiger partial charge in [-0.1, -0.05) is 6.92 Å². The van der Waals surface area contributed by atoms with Crippen LogP contribution < -0.4 is 4.74 Å². The molecular formula is C9H11FOS. The summed E-state index contributed by atoms with van der Waals surface area (Å²) in [6, 6.07) is 4.76. The lowest BCUT2D eigenvalue weighted by Crippen LogP contribution is -1.86. The second kappa shape index (κ2) is 4.36. The van der Waals surface area contributed by atoms with Gasteiger partial charge >= 0.3 is 0 Å². The van der Waals surface area contributed by atoms with Crippen molar-refractivity contribution in [1.82, 2.24) is 0 Å². The van der Waals surface area contributed by atoms with Gasteiger partial charge in [0.05, 0.1) is 7.11 Å². The fourth-order valence-corrected chi connectivity index (χ4v) is 1.59. The van der Waals surface area contributed by atoms with Crippen LogP contribution in [0.25, 0.3) is 0 Å². The summed E-state index contributed by atoms with van der Waals surface area (Å²) in [5.41, 5.74) is 0. The molecule has 0 saturated carbocycles. The molecule has 3 heteroatoms. The predicted molar refractivity (Wildman–Crippen MR) is 49.4 cm³/mol. The Bertz CT molecular complexity index is 263. The van der Waals surface area contributed by atoms with E-state index in [1.165, 1.54) is 17.8 Å². The fraction of sp³-hybridized carbons (Fsp3) is 0.333. The molecular weight excluding hydrogens is 175 g/mol. The standard InChI is InChI=1S/C9H11FOS/c1-3-12-9-6-7(11-2)4-5-8(9)10/h4-6H,3H2,1-2H3. The largest absolute Gasteiger partial charge is 0.497 e. The zero-order valence-electron chi connectivity index (χ0n) is 7.13. The maximum absolute atomic E-state index is 13.0. The smallest absolute Gasteiger partial charge is 0.137 e. The number of thioether (sulfide) groups is 1. The highest BCUT2D eigenvalue weighted by atomic mass is 32.2. The quantitative estimate of drug-likeness (QED) is 0.671. The monoisotopic (exact) mass is 186 g/mol. The molecule has 0 atom stereocenters. The Hall–Kier alpha value is -0.700. The molecule has 0 aliphatic heterocycles. The van der Waals surface area contributed by atoms with E-state index in [9.17, 15) is 4.39 Å². The lowest BCUT2D eigenvalue weighted by Gasteiger charge is -2.03. The fourth-order valence-electron chi connectivity index (χ4n) is 0.877. The van der Waals surface area contributed by atoms with E-state index in [2.05, 4.69) is 0 Å². The van der Waals surface area contributed by atoms with Gasteiger partial charge in [-0.15, -0.1) is 11.8 Å². The number of halogens is 1. The molecule has 0 fully saturated rings. The molecule has 0 unspecified atom stereocenters. The van der Waals surface area contributed by atoms with Crippen LogP contribution >= 0.6 is 11.8 Å². The molecule has 1 aromatic carbocycles. The molecule has 0 saturated heterocycles. The third-order valence-corrected chi connectivity index (χ3v) is 2.35. The zero-order chi connectivity index (χ0) is 8.97. The van der Waals surface area contributed by atoms with E-state index in [1.807, 2.05) is 6.92 Å². The number of rotatable bonds is 3. The third-order valence-electron chi connectivity index (χ3n) is 1.44. The summed E-state index contributed by atoms with van der Waals surface area (Å²) in [7, 11) is 1.58. The van der Waals surface area contributed by atoms with Crippen molar-refractivity contribution in [1.29, 1.82) is 0 Å². The van der Waals surface area contributed by atoms with E-state index in [1.54, 1.807) is 19.2 Å². The average molecular weight is 186 g/mol. The van der Waals surface area contributed by atoms with Gasteiger partial charge in [0.1, 0.15) is 11.6 Å². The number of hydrogen-bond acceptors (Lipinski definition) is 2. The second-order valence-electron chi connectivity index (χ2n) is 2.23. The number of methoxy groups -OCH3 is 1. The molecule has 66 valence electrons. The minimum atomic E-state index is -0.178. The molecule has 1 nitrogen and oxygen atoms in total. The summed E-state index contributed by atoms with van der Waals surface area (Å²) < 4.78 is 18.0. The predicted octanol–water partition coefficient (Wildman–Crippen LogP) is 2.95. The maximum atomic E-state index is 13.0. The van der Waals surface area contributed by atoms with Gasteiger partial charge in [0.15, 0.2) is 0 Å². The van der Waals surface area contributed by atoms with Crippen molar-refractivity contribution >= 4 is 11.8 Å². The molecule has 0 amide bonds. The van der Waals surface area contributed by atoms with Crippen molar-refractivity contribution in [2.24, 2.45) is 0 Å². The minimum Gasteiger partial charge on any atom is -0.497 e. The van der Waals surface area contributed by atoms with Gasteiger partial charge in [-0.3, -0.25) is 0 Å². The lowest BCUT2D eigenvalue weighted by molar-refractivity contribution is 0.411. The first-order valence-corrected chi connectivity index (χ1v) is 4.72. The lowest BCUT2D eigenvalue weighted by atomic mass is 10.3. The molecule has 0 radical (unpaired) electrons. The van der Waals surface area contributed by atoms with E-state index in [0.29, 0.717) is 10.6 Å². The summed E-state index contributed by atoms with van der Waals surface area (Å²) in [6.07, 6.45) is 0. The summed E-state index contributed by atoms with van der Waals surface area (Å²) in [6.45, 7) is 1.99. The summed E-state index contributed by atoms with van der Waals surface area (Å²) in [4.78, 5) is 0.650. The van der Waals surface area contributed by atoms with E-state index < -0.39 is 0 Å². The number of hydrogen-bond donors (Lipinski definition) is 0.